The number of hydrogen-bond acceptors (Lipinski definition) is 6. The number of amides is 2. The van der Waals surface area contributed by atoms with Crippen molar-refractivity contribution in [1.29, 1.82) is 0 Å². The molecule has 0 bridgehead atoms. The first kappa shape index (κ1) is 18.1. The van der Waals surface area contributed by atoms with Gasteiger partial charge in [0.25, 0.3) is 0 Å². The van der Waals surface area contributed by atoms with Crippen molar-refractivity contribution >= 4 is 29.4 Å². The molecule has 0 spiro atoms. The number of nitrogens with zero attached hydrogens (tertiary/aromatic N) is 2. The van der Waals surface area contributed by atoms with E-state index in [0.29, 0.717) is 18.1 Å². The number of aromatic nitrogens is 1. The SMILES string of the molecule is Cc1cc(NC(=O)C(C)SCC(=O)N(C)Cc2ccc(C)o2)no1. The number of furan rings is 1. The van der Waals surface area contributed by atoms with Gasteiger partial charge in [0.2, 0.25) is 11.8 Å². The summed E-state index contributed by atoms with van der Waals surface area (Å²) in [6.07, 6.45) is 0. The van der Waals surface area contributed by atoms with Crippen LogP contribution in [0.2, 0.25) is 0 Å². The molecule has 130 valence electrons. The Morgan fingerprint density at radius 3 is 2.67 bits per heavy atom. The summed E-state index contributed by atoms with van der Waals surface area (Å²) in [4.78, 5) is 25.8. The van der Waals surface area contributed by atoms with Crippen LogP contribution < -0.4 is 5.32 Å². The van der Waals surface area contributed by atoms with Crippen molar-refractivity contribution in [2.45, 2.75) is 32.6 Å². The largest absolute Gasteiger partial charge is 0.464 e. The van der Waals surface area contributed by atoms with E-state index in [1.54, 1.807) is 31.9 Å². The van der Waals surface area contributed by atoms with Gasteiger partial charge >= 0.3 is 0 Å². The number of carbonyl (C=O) groups excluding carboxylic acids is 2. The molecule has 0 saturated heterocycles. The van der Waals surface area contributed by atoms with Crippen molar-refractivity contribution in [3.8, 4) is 0 Å². The minimum atomic E-state index is -0.384. The zero-order valence-electron chi connectivity index (χ0n) is 14.2. The van der Waals surface area contributed by atoms with E-state index < -0.39 is 0 Å². The maximum absolute atomic E-state index is 12.1. The standard InChI is InChI=1S/C16H21N3O4S/c1-10-5-6-13(22-10)8-19(4)15(20)9-24-12(3)16(21)17-14-7-11(2)23-18-14/h5-7,12H,8-9H2,1-4H3,(H,17,18,21). The second-order valence-corrected chi connectivity index (χ2v) is 6.86. The lowest BCUT2D eigenvalue weighted by Crippen LogP contribution is -2.30. The second kappa shape index (κ2) is 8.05. The van der Waals surface area contributed by atoms with E-state index in [1.165, 1.54) is 11.8 Å². The van der Waals surface area contributed by atoms with Gasteiger partial charge in [0.05, 0.1) is 17.5 Å². The molecule has 24 heavy (non-hydrogen) atoms. The highest BCUT2D eigenvalue weighted by Crippen LogP contribution is 2.16. The van der Waals surface area contributed by atoms with E-state index in [1.807, 2.05) is 19.1 Å². The Bertz CT molecular complexity index is 710. The molecule has 0 aliphatic heterocycles. The van der Waals surface area contributed by atoms with E-state index in [-0.39, 0.29) is 22.8 Å². The summed E-state index contributed by atoms with van der Waals surface area (Å²) >= 11 is 1.27. The molecule has 2 heterocycles. The molecule has 2 aromatic heterocycles. The van der Waals surface area contributed by atoms with Crippen LogP contribution in [-0.2, 0) is 16.1 Å². The lowest BCUT2D eigenvalue weighted by Gasteiger charge is -2.17. The minimum Gasteiger partial charge on any atom is -0.464 e. The zero-order chi connectivity index (χ0) is 17.7. The average molecular weight is 351 g/mol. The van der Waals surface area contributed by atoms with Crippen LogP contribution in [0.4, 0.5) is 5.82 Å². The normalized spacial score (nSPS) is 12.0. The molecule has 8 heteroatoms. The van der Waals surface area contributed by atoms with E-state index >= 15 is 0 Å². The van der Waals surface area contributed by atoms with Crippen LogP contribution in [0.5, 0.6) is 0 Å². The molecule has 0 aliphatic rings. The molecule has 2 rings (SSSR count). The van der Waals surface area contributed by atoms with Gasteiger partial charge in [-0.3, -0.25) is 9.59 Å². The molecule has 0 fully saturated rings. The van der Waals surface area contributed by atoms with Crippen molar-refractivity contribution in [3.63, 3.8) is 0 Å². The van der Waals surface area contributed by atoms with E-state index in [2.05, 4.69) is 10.5 Å². The van der Waals surface area contributed by atoms with Crippen LogP contribution in [0, 0.1) is 13.8 Å². The summed E-state index contributed by atoms with van der Waals surface area (Å²) in [7, 11) is 1.71. The molecule has 2 amide bonds. The smallest absolute Gasteiger partial charge is 0.238 e. The molecule has 0 aliphatic carbocycles. The Morgan fingerprint density at radius 2 is 2.08 bits per heavy atom. The molecule has 2 aromatic rings. The first-order chi connectivity index (χ1) is 11.3. The third-order valence-corrected chi connectivity index (χ3v) is 4.45. The van der Waals surface area contributed by atoms with Gasteiger partial charge in [0.1, 0.15) is 17.3 Å². The molecule has 1 unspecified atom stereocenters. The fourth-order valence-corrected chi connectivity index (χ4v) is 2.75. The van der Waals surface area contributed by atoms with Crippen molar-refractivity contribution in [2.75, 3.05) is 18.1 Å². The van der Waals surface area contributed by atoms with Crippen LogP contribution in [0.15, 0.2) is 27.1 Å². The number of thioether (sulfide) groups is 1. The molecule has 0 aromatic carbocycles. The van der Waals surface area contributed by atoms with E-state index in [0.717, 1.165) is 11.5 Å². The summed E-state index contributed by atoms with van der Waals surface area (Å²) < 4.78 is 10.3. The predicted molar refractivity (Wildman–Crippen MR) is 91.7 cm³/mol. The third kappa shape index (κ3) is 5.16. The average Bonchev–Trinajstić information content (AvgIpc) is 3.12. The minimum absolute atomic E-state index is 0.0639. The first-order valence-corrected chi connectivity index (χ1v) is 8.55. The summed E-state index contributed by atoms with van der Waals surface area (Å²) in [5, 5.41) is 5.98. The van der Waals surface area contributed by atoms with Crippen LogP contribution in [0.25, 0.3) is 0 Å². The Morgan fingerprint density at radius 1 is 1.33 bits per heavy atom. The van der Waals surface area contributed by atoms with Crippen LogP contribution in [-0.4, -0.2) is 39.9 Å². The monoisotopic (exact) mass is 351 g/mol. The predicted octanol–water partition coefficient (Wildman–Crippen LogP) is 2.60. The Labute approximate surface area is 144 Å². The number of hydrogen-bond donors (Lipinski definition) is 1. The summed E-state index contributed by atoms with van der Waals surface area (Å²) in [5.41, 5.74) is 0. The highest BCUT2D eigenvalue weighted by molar-refractivity contribution is 8.01. The van der Waals surface area contributed by atoms with Gasteiger partial charge in [-0.05, 0) is 32.9 Å². The molecular weight excluding hydrogens is 330 g/mol. The maximum Gasteiger partial charge on any atom is 0.238 e. The fourth-order valence-electron chi connectivity index (χ4n) is 1.93. The van der Waals surface area contributed by atoms with Gasteiger partial charge in [0.15, 0.2) is 5.82 Å². The molecule has 1 atom stereocenters. The summed E-state index contributed by atoms with van der Waals surface area (Å²) in [5.74, 6) is 2.48. The molecular formula is C16H21N3O4S. The quantitative estimate of drug-likeness (QED) is 0.825. The molecule has 1 N–H and O–H groups in total. The first-order valence-electron chi connectivity index (χ1n) is 7.50. The second-order valence-electron chi connectivity index (χ2n) is 5.53. The summed E-state index contributed by atoms with van der Waals surface area (Å²) in [6.45, 7) is 5.76. The van der Waals surface area contributed by atoms with E-state index in [9.17, 15) is 9.59 Å². The van der Waals surface area contributed by atoms with E-state index in [4.69, 9.17) is 8.94 Å². The van der Waals surface area contributed by atoms with Gasteiger partial charge in [-0.2, -0.15) is 0 Å². The number of nitrogens with one attached hydrogen (secondary N) is 1. The number of rotatable bonds is 7. The number of aryl methyl sites for hydroxylation is 2. The topological polar surface area (TPSA) is 88.6 Å². The number of anilines is 1. The maximum atomic E-state index is 12.1. The Kier molecular flexibility index (Phi) is 6.08. The molecule has 7 nitrogen and oxygen atoms in total. The lowest BCUT2D eigenvalue weighted by atomic mass is 10.4. The third-order valence-electron chi connectivity index (χ3n) is 3.32. The van der Waals surface area contributed by atoms with Crippen LogP contribution in [0.3, 0.4) is 0 Å². The Hall–Kier alpha value is -2.22. The van der Waals surface area contributed by atoms with Crippen LogP contribution >= 0.6 is 11.8 Å². The van der Waals surface area contributed by atoms with Gasteiger partial charge in [-0.15, -0.1) is 11.8 Å². The summed E-state index contributed by atoms with van der Waals surface area (Å²) in [6, 6.07) is 5.35. The van der Waals surface area contributed by atoms with Gasteiger partial charge in [0, 0.05) is 13.1 Å². The highest BCUT2D eigenvalue weighted by Gasteiger charge is 2.18. The highest BCUT2D eigenvalue weighted by atomic mass is 32.2. The van der Waals surface area contributed by atoms with Crippen molar-refractivity contribution in [1.82, 2.24) is 10.1 Å². The van der Waals surface area contributed by atoms with Crippen molar-refractivity contribution < 1.29 is 18.5 Å². The zero-order valence-corrected chi connectivity index (χ0v) is 15.0. The number of carbonyl (C=O) groups is 2. The molecule has 0 radical (unpaired) electrons. The van der Waals surface area contributed by atoms with Crippen molar-refractivity contribution in [2.24, 2.45) is 0 Å². The van der Waals surface area contributed by atoms with Crippen molar-refractivity contribution in [3.05, 3.63) is 35.5 Å². The molecule has 0 saturated carbocycles. The lowest BCUT2D eigenvalue weighted by molar-refractivity contribution is -0.127. The van der Waals surface area contributed by atoms with Gasteiger partial charge in [-0.25, -0.2) is 0 Å². The van der Waals surface area contributed by atoms with Gasteiger partial charge < -0.3 is 19.2 Å². The van der Waals surface area contributed by atoms with Crippen LogP contribution in [0.1, 0.15) is 24.2 Å². The fraction of sp³-hybridized carbons (Fsp3) is 0.438. The Balaban J connectivity index is 1.76. The van der Waals surface area contributed by atoms with Gasteiger partial charge in [-0.1, -0.05) is 5.16 Å².